The largest absolute Gasteiger partial charge is 0.357 e. The molecule has 3 nitrogen and oxygen atoms in total. The molecule has 1 unspecified atom stereocenters. The Morgan fingerprint density at radius 3 is 2.88 bits per heavy atom. The van der Waals surface area contributed by atoms with Gasteiger partial charge in [-0.2, -0.15) is 0 Å². The third-order valence-electron chi connectivity index (χ3n) is 2.55. The molecule has 0 aliphatic heterocycles. The van der Waals surface area contributed by atoms with Crippen LogP contribution in [0, 0.1) is 0 Å². The van der Waals surface area contributed by atoms with Gasteiger partial charge in [-0.15, -0.1) is 11.3 Å². The smallest absolute Gasteiger partial charge is 0.191 e. The summed E-state index contributed by atoms with van der Waals surface area (Å²) in [5.74, 6) is 0.929. The molecule has 2 N–H and O–H groups in total. The van der Waals surface area contributed by atoms with Gasteiger partial charge in [0, 0.05) is 30.4 Å². The predicted molar refractivity (Wildman–Crippen MR) is 76.9 cm³/mol. The van der Waals surface area contributed by atoms with E-state index in [1.165, 1.54) is 4.88 Å². The summed E-state index contributed by atoms with van der Waals surface area (Å²) in [5.41, 5.74) is 0. The summed E-state index contributed by atoms with van der Waals surface area (Å²) in [6, 6.07) is 4.72. The second kappa shape index (κ2) is 8.12. The minimum absolute atomic E-state index is 0.467. The molecular weight excluding hydrogens is 230 g/mol. The Kier molecular flexibility index (Phi) is 6.70. The highest BCUT2D eigenvalue weighted by Crippen LogP contribution is 2.08. The number of guanidine groups is 1. The third kappa shape index (κ3) is 5.73. The maximum atomic E-state index is 4.58. The van der Waals surface area contributed by atoms with Gasteiger partial charge in [0.15, 0.2) is 5.96 Å². The maximum Gasteiger partial charge on any atom is 0.191 e. The quantitative estimate of drug-likeness (QED) is 0.604. The van der Waals surface area contributed by atoms with Crippen LogP contribution >= 0.6 is 11.3 Å². The molecule has 17 heavy (non-hydrogen) atoms. The zero-order valence-electron chi connectivity index (χ0n) is 11.0. The molecule has 0 bridgehead atoms. The standard InChI is InChI=1S/C13H23N3S/c1-4-11(3)16-13(14-5-2)15-9-8-12-7-6-10-17-12/h6-7,10-11H,4-5,8-9H2,1-3H3,(H2,14,15,16). The topological polar surface area (TPSA) is 36.4 Å². The molecule has 1 aromatic rings. The Bertz CT molecular complexity index is 319. The van der Waals surface area contributed by atoms with Crippen LogP contribution < -0.4 is 10.6 Å². The van der Waals surface area contributed by atoms with Gasteiger partial charge in [-0.05, 0) is 31.7 Å². The van der Waals surface area contributed by atoms with Crippen molar-refractivity contribution in [2.24, 2.45) is 4.99 Å². The normalized spacial score (nSPS) is 13.5. The first kappa shape index (κ1) is 14.0. The second-order valence-corrected chi connectivity index (χ2v) is 5.08. The Morgan fingerprint density at radius 2 is 2.29 bits per heavy atom. The van der Waals surface area contributed by atoms with Crippen LogP contribution in [0.2, 0.25) is 0 Å². The molecular formula is C13H23N3S. The zero-order valence-corrected chi connectivity index (χ0v) is 11.8. The Balaban J connectivity index is 2.40. The molecule has 0 fully saturated rings. The molecule has 1 aromatic heterocycles. The summed E-state index contributed by atoms with van der Waals surface area (Å²) < 4.78 is 0. The number of rotatable bonds is 6. The van der Waals surface area contributed by atoms with Crippen molar-refractivity contribution < 1.29 is 0 Å². The summed E-state index contributed by atoms with van der Waals surface area (Å²) in [6.45, 7) is 8.18. The summed E-state index contributed by atoms with van der Waals surface area (Å²) in [6.07, 6.45) is 2.13. The lowest BCUT2D eigenvalue weighted by molar-refractivity contribution is 0.624. The van der Waals surface area contributed by atoms with E-state index in [0.717, 1.165) is 31.9 Å². The van der Waals surface area contributed by atoms with Crippen molar-refractivity contribution in [3.05, 3.63) is 22.4 Å². The van der Waals surface area contributed by atoms with Crippen LogP contribution in [0.15, 0.2) is 22.5 Å². The lowest BCUT2D eigenvalue weighted by atomic mass is 10.3. The monoisotopic (exact) mass is 253 g/mol. The van der Waals surface area contributed by atoms with Crippen molar-refractivity contribution >= 4 is 17.3 Å². The van der Waals surface area contributed by atoms with Crippen LogP contribution in [0.3, 0.4) is 0 Å². The molecule has 0 radical (unpaired) electrons. The first-order valence-corrected chi connectivity index (χ1v) is 7.21. The van der Waals surface area contributed by atoms with E-state index in [1.54, 1.807) is 11.3 Å². The first-order valence-electron chi connectivity index (χ1n) is 6.33. The molecule has 1 heterocycles. The summed E-state index contributed by atoms with van der Waals surface area (Å²) in [7, 11) is 0. The number of nitrogens with one attached hydrogen (secondary N) is 2. The molecule has 0 aliphatic rings. The SMILES string of the molecule is CCNC(=NCCc1cccs1)NC(C)CC. The van der Waals surface area contributed by atoms with Crippen LogP contribution in [0.5, 0.6) is 0 Å². The van der Waals surface area contributed by atoms with Crippen LogP contribution in [0.1, 0.15) is 32.1 Å². The molecule has 0 aliphatic carbocycles. The van der Waals surface area contributed by atoms with E-state index >= 15 is 0 Å². The minimum atomic E-state index is 0.467. The van der Waals surface area contributed by atoms with E-state index in [2.05, 4.69) is 53.9 Å². The van der Waals surface area contributed by atoms with E-state index < -0.39 is 0 Å². The Hall–Kier alpha value is -1.03. The van der Waals surface area contributed by atoms with Crippen LogP contribution in [-0.4, -0.2) is 25.1 Å². The van der Waals surface area contributed by atoms with Gasteiger partial charge in [-0.25, -0.2) is 0 Å². The molecule has 0 saturated carbocycles. The van der Waals surface area contributed by atoms with Gasteiger partial charge < -0.3 is 10.6 Å². The molecule has 1 atom stereocenters. The lowest BCUT2D eigenvalue weighted by Gasteiger charge is -2.16. The average Bonchev–Trinajstić information content (AvgIpc) is 2.82. The van der Waals surface area contributed by atoms with Crippen molar-refractivity contribution in [3.8, 4) is 0 Å². The van der Waals surface area contributed by atoms with Gasteiger partial charge >= 0.3 is 0 Å². The predicted octanol–water partition coefficient (Wildman–Crippen LogP) is 2.64. The molecule has 96 valence electrons. The fraction of sp³-hybridized carbons (Fsp3) is 0.615. The number of thiophene rings is 1. The fourth-order valence-corrected chi connectivity index (χ4v) is 2.09. The van der Waals surface area contributed by atoms with E-state index in [4.69, 9.17) is 0 Å². The lowest BCUT2D eigenvalue weighted by Crippen LogP contribution is -2.42. The molecule has 0 aromatic carbocycles. The molecule has 1 rings (SSSR count). The Morgan fingerprint density at radius 1 is 1.47 bits per heavy atom. The number of hydrogen-bond donors (Lipinski definition) is 2. The summed E-state index contributed by atoms with van der Waals surface area (Å²) in [4.78, 5) is 5.97. The second-order valence-electron chi connectivity index (χ2n) is 4.04. The summed E-state index contributed by atoms with van der Waals surface area (Å²) in [5, 5.41) is 8.77. The maximum absolute atomic E-state index is 4.58. The molecule has 0 saturated heterocycles. The highest BCUT2D eigenvalue weighted by Gasteiger charge is 2.01. The van der Waals surface area contributed by atoms with Crippen molar-refractivity contribution in [1.82, 2.24) is 10.6 Å². The first-order chi connectivity index (χ1) is 8.26. The molecule has 4 heteroatoms. The van der Waals surface area contributed by atoms with Crippen molar-refractivity contribution in [1.29, 1.82) is 0 Å². The van der Waals surface area contributed by atoms with Crippen molar-refractivity contribution in [2.75, 3.05) is 13.1 Å². The van der Waals surface area contributed by atoms with Gasteiger partial charge in [0.05, 0.1) is 0 Å². The summed E-state index contributed by atoms with van der Waals surface area (Å²) >= 11 is 1.80. The van der Waals surface area contributed by atoms with Gasteiger partial charge in [0.2, 0.25) is 0 Å². The zero-order chi connectivity index (χ0) is 12.5. The van der Waals surface area contributed by atoms with E-state index in [1.807, 2.05) is 0 Å². The van der Waals surface area contributed by atoms with E-state index in [-0.39, 0.29) is 0 Å². The van der Waals surface area contributed by atoms with Crippen molar-refractivity contribution in [3.63, 3.8) is 0 Å². The average molecular weight is 253 g/mol. The Labute approximate surface area is 108 Å². The van der Waals surface area contributed by atoms with Gasteiger partial charge in [0.1, 0.15) is 0 Å². The van der Waals surface area contributed by atoms with Gasteiger partial charge in [-0.3, -0.25) is 4.99 Å². The number of nitrogens with zero attached hydrogens (tertiary/aromatic N) is 1. The number of hydrogen-bond acceptors (Lipinski definition) is 2. The van der Waals surface area contributed by atoms with E-state index in [0.29, 0.717) is 6.04 Å². The van der Waals surface area contributed by atoms with Gasteiger partial charge in [0.25, 0.3) is 0 Å². The highest BCUT2D eigenvalue weighted by atomic mass is 32.1. The number of aliphatic imine (C=N–C) groups is 1. The fourth-order valence-electron chi connectivity index (χ4n) is 1.39. The van der Waals surface area contributed by atoms with Crippen LogP contribution in [0.25, 0.3) is 0 Å². The molecule has 0 spiro atoms. The molecule has 0 amide bonds. The third-order valence-corrected chi connectivity index (χ3v) is 3.48. The highest BCUT2D eigenvalue weighted by molar-refractivity contribution is 7.09. The van der Waals surface area contributed by atoms with Gasteiger partial charge in [-0.1, -0.05) is 13.0 Å². The van der Waals surface area contributed by atoms with Crippen molar-refractivity contribution in [2.45, 2.75) is 39.7 Å². The van der Waals surface area contributed by atoms with Crippen LogP contribution in [0.4, 0.5) is 0 Å². The minimum Gasteiger partial charge on any atom is -0.357 e. The van der Waals surface area contributed by atoms with Crippen LogP contribution in [-0.2, 0) is 6.42 Å². The van der Waals surface area contributed by atoms with E-state index in [9.17, 15) is 0 Å².